The summed E-state index contributed by atoms with van der Waals surface area (Å²) in [5, 5.41) is 3.53. The van der Waals surface area contributed by atoms with E-state index in [9.17, 15) is 0 Å². The molecule has 1 aromatic heterocycles. The van der Waals surface area contributed by atoms with E-state index >= 15 is 0 Å². The number of benzene rings is 1. The van der Waals surface area contributed by atoms with Crippen molar-refractivity contribution in [2.45, 2.75) is 44.7 Å². The van der Waals surface area contributed by atoms with Gasteiger partial charge in [-0.05, 0) is 56.0 Å². The maximum Gasteiger partial charge on any atom is 0.122 e. The fourth-order valence-electron chi connectivity index (χ4n) is 4.07. The Morgan fingerprint density at radius 1 is 1.12 bits per heavy atom. The third kappa shape index (κ3) is 4.40. The molecule has 2 aliphatic rings. The van der Waals surface area contributed by atoms with Crippen LogP contribution in [0.25, 0.3) is 0 Å². The van der Waals surface area contributed by atoms with E-state index in [0.717, 1.165) is 51.4 Å². The minimum atomic E-state index is 0.628. The van der Waals surface area contributed by atoms with E-state index in [4.69, 9.17) is 4.74 Å². The van der Waals surface area contributed by atoms with Gasteiger partial charge in [0.1, 0.15) is 12.1 Å². The first kappa shape index (κ1) is 17.4. The van der Waals surface area contributed by atoms with Crippen LogP contribution in [0.2, 0.25) is 0 Å². The molecule has 3 heterocycles. The molecular formula is C21H28N4O. The fraction of sp³-hybridized carbons (Fsp3) is 0.524. The standard InChI is InChI=1S/C21H28N4O/c1-2-20(5-9-22-8-1)25(15-18-13-23-16-24-14-18)10-6-17-3-4-21-19(12-17)7-11-26-21/h3-4,12-14,16,20,22H,1-2,5-11,15H2. The first-order valence-electron chi connectivity index (χ1n) is 9.82. The molecule has 0 aliphatic carbocycles. The lowest BCUT2D eigenvalue weighted by atomic mass is 10.0. The molecule has 0 saturated carbocycles. The van der Waals surface area contributed by atoms with E-state index in [2.05, 4.69) is 38.4 Å². The summed E-state index contributed by atoms with van der Waals surface area (Å²) in [7, 11) is 0. The van der Waals surface area contributed by atoms with Gasteiger partial charge in [0.05, 0.1) is 6.61 Å². The summed E-state index contributed by atoms with van der Waals surface area (Å²) in [4.78, 5) is 11.0. The molecule has 0 spiro atoms. The molecule has 2 aromatic rings. The van der Waals surface area contributed by atoms with Crippen LogP contribution in [0.4, 0.5) is 0 Å². The lowest BCUT2D eigenvalue weighted by molar-refractivity contribution is 0.174. The largest absolute Gasteiger partial charge is 0.493 e. The zero-order chi connectivity index (χ0) is 17.6. The second-order valence-corrected chi connectivity index (χ2v) is 7.34. The Balaban J connectivity index is 1.44. The van der Waals surface area contributed by atoms with Gasteiger partial charge in [0.2, 0.25) is 0 Å². The highest BCUT2D eigenvalue weighted by molar-refractivity contribution is 5.39. The Morgan fingerprint density at radius 2 is 2.04 bits per heavy atom. The minimum absolute atomic E-state index is 0.628. The number of hydrogen-bond acceptors (Lipinski definition) is 5. The van der Waals surface area contributed by atoms with Crippen LogP contribution < -0.4 is 10.1 Å². The van der Waals surface area contributed by atoms with Crippen LogP contribution in [0.5, 0.6) is 5.75 Å². The van der Waals surface area contributed by atoms with E-state index in [1.807, 2.05) is 12.4 Å². The van der Waals surface area contributed by atoms with Crippen LogP contribution in [-0.4, -0.2) is 47.2 Å². The van der Waals surface area contributed by atoms with E-state index in [-0.39, 0.29) is 0 Å². The normalized spacial score (nSPS) is 19.8. The molecule has 0 bridgehead atoms. The molecule has 1 unspecified atom stereocenters. The third-order valence-electron chi connectivity index (χ3n) is 5.50. The summed E-state index contributed by atoms with van der Waals surface area (Å²) in [6, 6.07) is 7.33. The summed E-state index contributed by atoms with van der Waals surface area (Å²) >= 11 is 0. The highest BCUT2D eigenvalue weighted by Gasteiger charge is 2.21. The van der Waals surface area contributed by atoms with Crippen molar-refractivity contribution < 1.29 is 4.74 Å². The molecule has 4 rings (SSSR count). The molecule has 1 saturated heterocycles. The van der Waals surface area contributed by atoms with Gasteiger partial charge in [-0.1, -0.05) is 12.1 Å². The third-order valence-corrected chi connectivity index (χ3v) is 5.50. The number of ether oxygens (including phenoxy) is 1. The lowest BCUT2D eigenvalue weighted by Crippen LogP contribution is -2.37. The van der Waals surface area contributed by atoms with Crippen molar-refractivity contribution in [2.24, 2.45) is 0 Å². The smallest absolute Gasteiger partial charge is 0.122 e. The summed E-state index contributed by atoms with van der Waals surface area (Å²) in [5.41, 5.74) is 3.98. The van der Waals surface area contributed by atoms with E-state index in [0.29, 0.717) is 6.04 Å². The second kappa shape index (κ2) is 8.60. The lowest BCUT2D eigenvalue weighted by Gasteiger charge is -2.31. The second-order valence-electron chi connectivity index (χ2n) is 7.34. The van der Waals surface area contributed by atoms with Gasteiger partial charge in [-0.15, -0.1) is 0 Å². The van der Waals surface area contributed by atoms with Crippen LogP contribution in [0.1, 0.15) is 36.0 Å². The molecule has 0 radical (unpaired) electrons. The summed E-state index contributed by atoms with van der Waals surface area (Å²) in [6.45, 7) is 5.08. The molecule has 1 fully saturated rings. The number of nitrogens with one attached hydrogen (secondary N) is 1. The number of aromatic nitrogens is 2. The summed E-state index contributed by atoms with van der Waals surface area (Å²) < 4.78 is 5.64. The average molecular weight is 352 g/mol. The van der Waals surface area contributed by atoms with Gasteiger partial charge in [0.25, 0.3) is 0 Å². The van der Waals surface area contributed by atoms with Gasteiger partial charge >= 0.3 is 0 Å². The van der Waals surface area contributed by atoms with Gasteiger partial charge in [-0.3, -0.25) is 4.90 Å². The monoisotopic (exact) mass is 352 g/mol. The molecule has 138 valence electrons. The zero-order valence-corrected chi connectivity index (χ0v) is 15.4. The predicted octanol–water partition coefficient (Wildman–Crippen LogP) is 2.60. The van der Waals surface area contributed by atoms with Crippen molar-refractivity contribution in [3.63, 3.8) is 0 Å². The molecule has 5 nitrogen and oxygen atoms in total. The van der Waals surface area contributed by atoms with Crippen molar-refractivity contribution in [1.82, 2.24) is 20.2 Å². The Bertz CT molecular complexity index is 698. The highest BCUT2D eigenvalue weighted by atomic mass is 16.5. The van der Waals surface area contributed by atoms with Gasteiger partial charge in [0, 0.05) is 43.5 Å². The number of fused-ring (bicyclic) bond motifs is 1. The molecule has 1 aromatic carbocycles. The quantitative estimate of drug-likeness (QED) is 0.866. The molecule has 0 amide bonds. The van der Waals surface area contributed by atoms with Gasteiger partial charge in [-0.2, -0.15) is 0 Å². The van der Waals surface area contributed by atoms with Gasteiger partial charge in [-0.25, -0.2) is 9.97 Å². The maximum atomic E-state index is 5.64. The Kier molecular flexibility index (Phi) is 5.77. The van der Waals surface area contributed by atoms with Crippen molar-refractivity contribution in [3.8, 4) is 5.75 Å². The first-order valence-corrected chi connectivity index (χ1v) is 9.82. The fourth-order valence-corrected chi connectivity index (χ4v) is 4.07. The van der Waals surface area contributed by atoms with Crippen LogP contribution in [-0.2, 0) is 19.4 Å². The van der Waals surface area contributed by atoms with Crippen LogP contribution in [0.15, 0.2) is 36.9 Å². The van der Waals surface area contributed by atoms with E-state index < -0.39 is 0 Å². The SMILES string of the molecule is c1ncc(CN(CCc2ccc3c(c2)CCO3)C2CCCNCC2)cn1. The van der Waals surface area contributed by atoms with Gasteiger partial charge in [0.15, 0.2) is 0 Å². The Labute approximate surface area is 155 Å². The average Bonchev–Trinajstić information content (AvgIpc) is 2.98. The van der Waals surface area contributed by atoms with Crippen LogP contribution >= 0.6 is 0 Å². The molecule has 26 heavy (non-hydrogen) atoms. The molecule has 1 atom stereocenters. The summed E-state index contributed by atoms with van der Waals surface area (Å²) in [5.74, 6) is 1.07. The Hall–Kier alpha value is -1.98. The number of nitrogens with zero attached hydrogens (tertiary/aromatic N) is 3. The first-order chi connectivity index (χ1) is 12.9. The highest BCUT2D eigenvalue weighted by Crippen LogP contribution is 2.26. The van der Waals surface area contributed by atoms with Crippen LogP contribution in [0.3, 0.4) is 0 Å². The Morgan fingerprint density at radius 3 is 2.96 bits per heavy atom. The molecule has 5 heteroatoms. The summed E-state index contributed by atoms with van der Waals surface area (Å²) in [6.07, 6.45) is 11.3. The maximum absolute atomic E-state index is 5.64. The molecular weight excluding hydrogens is 324 g/mol. The topological polar surface area (TPSA) is 50.3 Å². The number of rotatable bonds is 6. The minimum Gasteiger partial charge on any atom is -0.493 e. The predicted molar refractivity (Wildman–Crippen MR) is 102 cm³/mol. The number of hydrogen-bond donors (Lipinski definition) is 1. The van der Waals surface area contributed by atoms with Crippen molar-refractivity contribution in [3.05, 3.63) is 53.6 Å². The zero-order valence-electron chi connectivity index (χ0n) is 15.4. The van der Waals surface area contributed by atoms with Crippen molar-refractivity contribution in [1.29, 1.82) is 0 Å². The van der Waals surface area contributed by atoms with Crippen molar-refractivity contribution in [2.75, 3.05) is 26.2 Å². The molecule has 2 aliphatic heterocycles. The van der Waals surface area contributed by atoms with Crippen LogP contribution in [0, 0.1) is 0 Å². The van der Waals surface area contributed by atoms with E-state index in [1.165, 1.54) is 36.0 Å². The van der Waals surface area contributed by atoms with Gasteiger partial charge < -0.3 is 10.1 Å². The van der Waals surface area contributed by atoms with E-state index in [1.54, 1.807) is 6.33 Å². The van der Waals surface area contributed by atoms with Crippen molar-refractivity contribution >= 4 is 0 Å². The molecule has 1 N–H and O–H groups in total.